The van der Waals surface area contributed by atoms with Crippen molar-refractivity contribution in [2.45, 2.75) is 12.7 Å². The number of rotatable bonds is 3. The van der Waals surface area contributed by atoms with Crippen LogP contribution in [0, 0.1) is 0 Å². The van der Waals surface area contributed by atoms with E-state index in [1.54, 1.807) is 29.0 Å². The van der Waals surface area contributed by atoms with Crippen LogP contribution in [0.2, 0.25) is 0 Å². The summed E-state index contributed by atoms with van der Waals surface area (Å²) in [4.78, 5) is 8.37. The Morgan fingerprint density at radius 1 is 1.12 bits per heavy atom. The molecule has 3 heterocycles. The molecule has 6 nitrogen and oxygen atoms in total. The molecule has 9 heteroatoms. The maximum absolute atomic E-state index is 13.3. The van der Waals surface area contributed by atoms with Crippen molar-refractivity contribution in [3.05, 3.63) is 60.2 Å². The topological polar surface area (TPSA) is 82.8 Å². The minimum absolute atomic E-state index is 0.0296. The maximum atomic E-state index is 13.3. The minimum Gasteiger partial charge on any atom is -0.398 e. The number of fused-ring (bicyclic) bond motifs is 1. The van der Waals surface area contributed by atoms with Crippen LogP contribution in [0.3, 0.4) is 0 Å². The van der Waals surface area contributed by atoms with Crippen LogP contribution in [0.5, 0.6) is 0 Å². The SMILES string of the molecule is Nc1ccc2c(ccn2Cc2nc(-c3ccccn3)no2)c1C(F)(F)F. The molecule has 2 N–H and O–H groups in total. The summed E-state index contributed by atoms with van der Waals surface area (Å²) in [6.07, 6.45) is -1.40. The molecule has 0 unspecified atom stereocenters. The molecule has 0 atom stereocenters. The first-order chi connectivity index (χ1) is 12.4. The van der Waals surface area contributed by atoms with Gasteiger partial charge in [0.15, 0.2) is 0 Å². The van der Waals surface area contributed by atoms with Gasteiger partial charge < -0.3 is 14.8 Å². The van der Waals surface area contributed by atoms with E-state index in [0.29, 0.717) is 17.0 Å². The Labute approximate surface area is 145 Å². The third-order valence-electron chi connectivity index (χ3n) is 3.94. The van der Waals surface area contributed by atoms with Gasteiger partial charge in [-0.05, 0) is 30.3 Å². The highest BCUT2D eigenvalue weighted by Crippen LogP contribution is 2.39. The molecule has 3 aromatic heterocycles. The second-order valence-electron chi connectivity index (χ2n) is 5.63. The Morgan fingerprint density at radius 3 is 2.69 bits per heavy atom. The number of nitrogen functional groups attached to an aromatic ring is 1. The second kappa shape index (κ2) is 5.87. The van der Waals surface area contributed by atoms with Gasteiger partial charge in [-0.3, -0.25) is 4.98 Å². The lowest BCUT2D eigenvalue weighted by Crippen LogP contribution is -2.09. The van der Waals surface area contributed by atoms with Gasteiger partial charge in [-0.1, -0.05) is 11.2 Å². The predicted octanol–water partition coefficient (Wildman–Crippen LogP) is 3.74. The summed E-state index contributed by atoms with van der Waals surface area (Å²) in [6.45, 7) is 0.130. The van der Waals surface area contributed by atoms with Crippen LogP contribution >= 0.6 is 0 Å². The van der Waals surface area contributed by atoms with Crippen molar-refractivity contribution in [3.63, 3.8) is 0 Å². The number of benzene rings is 1. The van der Waals surface area contributed by atoms with Gasteiger partial charge in [-0.15, -0.1) is 0 Å². The van der Waals surface area contributed by atoms with E-state index in [1.165, 1.54) is 24.4 Å². The van der Waals surface area contributed by atoms with Gasteiger partial charge in [-0.25, -0.2) is 0 Å². The normalized spacial score (nSPS) is 12.0. The fraction of sp³-hybridized carbons (Fsp3) is 0.118. The summed E-state index contributed by atoms with van der Waals surface area (Å²) in [5.74, 6) is 0.575. The monoisotopic (exact) mass is 359 g/mol. The zero-order valence-corrected chi connectivity index (χ0v) is 13.2. The number of hydrogen-bond acceptors (Lipinski definition) is 5. The zero-order chi connectivity index (χ0) is 18.3. The average Bonchev–Trinajstić information content (AvgIpc) is 3.22. The van der Waals surface area contributed by atoms with Gasteiger partial charge in [0, 0.05) is 29.0 Å². The largest absolute Gasteiger partial charge is 0.419 e. The highest BCUT2D eigenvalue weighted by molar-refractivity contribution is 5.88. The molecule has 0 spiro atoms. The van der Waals surface area contributed by atoms with Gasteiger partial charge in [0.2, 0.25) is 11.7 Å². The highest BCUT2D eigenvalue weighted by atomic mass is 19.4. The Morgan fingerprint density at radius 2 is 1.96 bits per heavy atom. The van der Waals surface area contributed by atoms with E-state index in [-0.39, 0.29) is 23.5 Å². The molecule has 0 aliphatic rings. The zero-order valence-electron chi connectivity index (χ0n) is 13.2. The summed E-state index contributed by atoms with van der Waals surface area (Å²) in [6, 6.07) is 9.45. The molecule has 0 fully saturated rings. The quantitative estimate of drug-likeness (QED) is 0.564. The molecule has 0 radical (unpaired) electrons. The lowest BCUT2D eigenvalue weighted by molar-refractivity contribution is -0.135. The van der Waals surface area contributed by atoms with Crippen molar-refractivity contribution in [2.75, 3.05) is 5.73 Å². The minimum atomic E-state index is -4.54. The Kier molecular flexibility index (Phi) is 3.64. The number of nitrogens with two attached hydrogens (primary N) is 1. The Bertz CT molecular complexity index is 1070. The van der Waals surface area contributed by atoms with E-state index >= 15 is 0 Å². The molecule has 0 aliphatic heterocycles. The number of anilines is 1. The van der Waals surface area contributed by atoms with Crippen LogP contribution in [-0.4, -0.2) is 19.7 Å². The molecular formula is C17H12F3N5O. The first-order valence-electron chi connectivity index (χ1n) is 7.62. The molecule has 0 saturated carbocycles. The molecule has 0 aliphatic carbocycles. The third-order valence-corrected chi connectivity index (χ3v) is 3.94. The van der Waals surface area contributed by atoms with Crippen LogP contribution in [0.4, 0.5) is 18.9 Å². The fourth-order valence-corrected chi connectivity index (χ4v) is 2.81. The Balaban J connectivity index is 1.70. The average molecular weight is 359 g/mol. The van der Waals surface area contributed by atoms with Gasteiger partial charge in [0.1, 0.15) is 12.2 Å². The van der Waals surface area contributed by atoms with Crippen molar-refractivity contribution in [1.29, 1.82) is 0 Å². The maximum Gasteiger partial charge on any atom is 0.419 e. The lowest BCUT2D eigenvalue weighted by Gasteiger charge is -2.12. The van der Waals surface area contributed by atoms with Crippen LogP contribution in [0.1, 0.15) is 11.5 Å². The molecule has 1 aromatic carbocycles. The van der Waals surface area contributed by atoms with E-state index in [2.05, 4.69) is 15.1 Å². The predicted molar refractivity (Wildman–Crippen MR) is 88.0 cm³/mol. The number of alkyl halides is 3. The number of pyridine rings is 1. The molecule has 4 rings (SSSR count). The molecule has 0 amide bonds. The molecule has 132 valence electrons. The smallest absolute Gasteiger partial charge is 0.398 e. The first-order valence-corrected chi connectivity index (χ1v) is 7.62. The highest BCUT2D eigenvalue weighted by Gasteiger charge is 2.35. The van der Waals surface area contributed by atoms with Gasteiger partial charge >= 0.3 is 6.18 Å². The van der Waals surface area contributed by atoms with E-state index < -0.39 is 11.7 Å². The van der Waals surface area contributed by atoms with E-state index in [1.807, 2.05) is 0 Å². The van der Waals surface area contributed by atoms with Crippen molar-refractivity contribution >= 4 is 16.6 Å². The van der Waals surface area contributed by atoms with Crippen LogP contribution < -0.4 is 5.73 Å². The molecule has 4 aromatic rings. The van der Waals surface area contributed by atoms with Crippen molar-refractivity contribution in [1.82, 2.24) is 19.7 Å². The molecule has 0 saturated heterocycles. The Hall–Kier alpha value is -3.36. The summed E-state index contributed by atoms with van der Waals surface area (Å²) in [7, 11) is 0. The van der Waals surface area contributed by atoms with Crippen molar-refractivity contribution in [2.24, 2.45) is 0 Å². The second-order valence-corrected chi connectivity index (χ2v) is 5.63. The lowest BCUT2D eigenvalue weighted by atomic mass is 10.1. The summed E-state index contributed by atoms with van der Waals surface area (Å²) in [5, 5.41) is 3.89. The van der Waals surface area contributed by atoms with Crippen molar-refractivity contribution < 1.29 is 17.7 Å². The first kappa shape index (κ1) is 16.1. The van der Waals surface area contributed by atoms with Crippen LogP contribution in [0.15, 0.2) is 53.3 Å². The molecule has 0 bridgehead atoms. The fourth-order valence-electron chi connectivity index (χ4n) is 2.81. The van der Waals surface area contributed by atoms with E-state index in [0.717, 1.165) is 0 Å². The van der Waals surface area contributed by atoms with E-state index in [9.17, 15) is 13.2 Å². The number of halogens is 3. The summed E-state index contributed by atoms with van der Waals surface area (Å²) >= 11 is 0. The standard InChI is InChI=1S/C17H12F3N5O/c18-17(19,20)15-10-6-8-25(13(10)5-4-11(15)21)9-14-23-16(24-26-14)12-3-1-2-7-22-12/h1-8H,9,21H2. The summed E-state index contributed by atoms with van der Waals surface area (Å²) in [5.41, 5.74) is 5.31. The van der Waals surface area contributed by atoms with Gasteiger partial charge in [0.25, 0.3) is 0 Å². The van der Waals surface area contributed by atoms with Gasteiger partial charge in [0.05, 0.1) is 5.56 Å². The third kappa shape index (κ3) is 2.77. The number of hydrogen-bond donors (Lipinski definition) is 1. The molecule has 26 heavy (non-hydrogen) atoms. The van der Waals surface area contributed by atoms with E-state index in [4.69, 9.17) is 10.3 Å². The van der Waals surface area contributed by atoms with Gasteiger partial charge in [-0.2, -0.15) is 18.2 Å². The molecular weight excluding hydrogens is 347 g/mol. The number of aromatic nitrogens is 4. The van der Waals surface area contributed by atoms with Crippen LogP contribution in [-0.2, 0) is 12.7 Å². The van der Waals surface area contributed by atoms with Crippen molar-refractivity contribution in [3.8, 4) is 11.5 Å². The summed E-state index contributed by atoms with van der Waals surface area (Å²) < 4.78 is 46.6. The van der Waals surface area contributed by atoms with Crippen LogP contribution in [0.25, 0.3) is 22.4 Å². The number of nitrogens with zero attached hydrogens (tertiary/aromatic N) is 4.